The van der Waals surface area contributed by atoms with Crippen LogP contribution in [0.15, 0.2) is 0 Å². The molecule has 0 radical (unpaired) electrons. The van der Waals surface area contributed by atoms with E-state index < -0.39 is 0 Å². The van der Waals surface area contributed by atoms with E-state index in [1.165, 1.54) is 38.5 Å². The summed E-state index contributed by atoms with van der Waals surface area (Å²) >= 11 is 0. The molecule has 136 valence electrons. The molecule has 4 aliphatic carbocycles. The Balaban J connectivity index is 1.41. The third-order valence-corrected chi connectivity index (χ3v) is 9.43. The van der Waals surface area contributed by atoms with Gasteiger partial charge in [0.1, 0.15) is 0 Å². The Morgan fingerprint density at radius 3 is 2.33 bits per heavy atom. The van der Waals surface area contributed by atoms with Crippen LogP contribution in [0.3, 0.4) is 0 Å². The first-order chi connectivity index (χ1) is 11.5. The van der Waals surface area contributed by atoms with E-state index in [1.807, 2.05) is 0 Å². The number of aliphatic hydroxyl groups is 1. The minimum Gasteiger partial charge on any atom is -0.393 e. The first kappa shape index (κ1) is 16.1. The third-order valence-electron chi connectivity index (χ3n) is 9.43. The van der Waals surface area contributed by atoms with Crippen LogP contribution in [0, 0.1) is 34.5 Å². The van der Waals surface area contributed by atoms with Gasteiger partial charge < -0.3 is 14.6 Å². The van der Waals surface area contributed by atoms with Crippen molar-refractivity contribution in [1.82, 2.24) is 0 Å². The minimum atomic E-state index is -0.232. The van der Waals surface area contributed by atoms with Gasteiger partial charge in [0.25, 0.3) is 0 Å². The van der Waals surface area contributed by atoms with Crippen LogP contribution in [0.4, 0.5) is 0 Å². The molecule has 1 N–H and O–H groups in total. The van der Waals surface area contributed by atoms with Crippen molar-refractivity contribution in [2.75, 3.05) is 13.2 Å². The zero-order valence-electron chi connectivity index (χ0n) is 15.4. The number of hydrogen-bond donors (Lipinski definition) is 1. The van der Waals surface area contributed by atoms with E-state index in [0.717, 1.165) is 56.1 Å². The number of ether oxygens (including phenoxy) is 2. The van der Waals surface area contributed by atoms with E-state index in [-0.39, 0.29) is 17.3 Å². The Kier molecular flexibility index (Phi) is 3.49. The molecule has 1 spiro atoms. The molecule has 0 bridgehead atoms. The zero-order valence-corrected chi connectivity index (χ0v) is 15.4. The molecule has 5 aliphatic rings. The van der Waals surface area contributed by atoms with Crippen LogP contribution in [0.5, 0.6) is 0 Å². The molecule has 0 aromatic carbocycles. The molecular weight excluding hydrogens is 300 g/mol. The molecule has 5 rings (SSSR count). The van der Waals surface area contributed by atoms with Crippen molar-refractivity contribution in [3.8, 4) is 0 Å². The van der Waals surface area contributed by atoms with Crippen molar-refractivity contribution in [3.63, 3.8) is 0 Å². The number of hydrogen-bond acceptors (Lipinski definition) is 3. The molecule has 24 heavy (non-hydrogen) atoms. The second-order valence-electron chi connectivity index (χ2n) is 10.1. The first-order valence-corrected chi connectivity index (χ1v) is 10.4. The maximum atomic E-state index is 10.6. The largest absolute Gasteiger partial charge is 0.393 e. The molecular formula is C21H34O3. The van der Waals surface area contributed by atoms with Crippen LogP contribution in [-0.4, -0.2) is 30.2 Å². The lowest BCUT2D eigenvalue weighted by molar-refractivity contribution is -0.230. The van der Waals surface area contributed by atoms with Crippen LogP contribution >= 0.6 is 0 Å². The van der Waals surface area contributed by atoms with Crippen LogP contribution in [0.1, 0.15) is 71.6 Å². The van der Waals surface area contributed by atoms with Gasteiger partial charge in [-0.25, -0.2) is 0 Å². The van der Waals surface area contributed by atoms with E-state index >= 15 is 0 Å². The Labute approximate surface area is 146 Å². The summed E-state index contributed by atoms with van der Waals surface area (Å²) in [5.41, 5.74) is 0.677. The van der Waals surface area contributed by atoms with Gasteiger partial charge >= 0.3 is 0 Å². The summed E-state index contributed by atoms with van der Waals surface area (Å²) < 4.78 is 12.1. The van der Waals surface area contributed by atoms with E-state index in [4.69, 9.17) is 9.47 Å². The summed E-state index contributed by atoms with van der Waals surface area (Å²) in [6.45, 7) is 6.54. The molecule has 3 nitrogen and oxygen atoms in total. The summed E-state index contributed by atoms with van der Waals surface area (Å²) in [4.78, 5) is 0. The van der Waals surface area contributed by atoms with Gasteiger partial charge in [-0.05, 0) is 79.4 Å². The van der Waals surface area contributed by atoms with E-state index in [2.05, 4.69) is 13.8 Å². The maximum Gasteiger partial charge on any atom is 0.168 e. The molecule has 1 saturated heterocycles. The highest BCUT2D eigenvalue weighted by atomic mass is 16.7. The lowest BCUT2D eigenvalue weighted by Gasteiger charge is -2.61. The third kappa shape index (κ3) is 2.01. The van der Waals surface area contributed by atoms with Crippen molar-refractivity contribution in [3.05, 3.63) is 0 Å². The fourth-order valence-electron chi connectivity index (χ4n) is 7.93. The highest BCUT2D eigenvalue weighted by Crippen LogP contribution is 2.67. The van der Waals surface area contributed by atoms with Gasteiger partial charge in [0, 0.05) is 12.8 Å². The summed E-state index contributed by atoms with van der Waals surface area (Å²) in [6.07, 6.45) is 11.0. The highest BCUT2D eigenvalue weighted by molar-refractivity contribution is 5.10. The monoisotopic (exact) mass is 334 g/mol. The molecule has 7 unspecified atom stereocenters. The van der Waals surface area contributed by atoms with Crippen molar-refractivity contribution in [2.45, 2.75) is 83.5 Å². The zero-order chi connectivity index (χ0) is 16.6. The molecule has 3 heteroatoms. The van der Waals surface area contributed by atoms with Crippen molar-refractivity contribution in [2.24, 2.45) is 34.5 Å². The highest BCUT2D eigenvalue weighted by Gasteiger charge is 2.61. The Bertz CT molecular complexity index is 513. The average molecular weight is 334 g/mol. The molecule has 1 heterocycles. The van der Waals surface area contributed by atoms with Crippen LogP contribution < -0.4 is 0 Å². The Morgan fingerprint density at radius 2 is 1.54 bits per heavy atom. The second-order valence-corrected chi connectivity index (χ2v) is 10.1. The maximum absolute atomic E-state index is 10.6. The minimum absolute atomic E-state index is 0.0520. The van der Waals surface area contributed by atoms with Crippen LogP contribution in [0.2, 0.25) is 0 Å². The Morgan fingerprint density at radius 1 is 0.792 bits per heavy atom. The lowest BCUT2D eigenvalue weighted by atomic mass is 9.45. The summed E-state index contributed by atoms with van der Waals surface area (Å²) in [5.74, 6) is 3.00. The van der Waals surface area contributed by atoms with E-state index in [0.29, 0.717) is 5.41 Å². The fourth-order valence-corrected chi connectivity index (χ4v) is 7.93. The smallest absolute Gasteiger partial charge is 0.168 e. The topological polar surface area (TPSA) is 38.7 Å². The average Bonchev–Trinajstić information content (AvgIpc) is 3.14. The number of aliphatic hydroxyl groups excluding tert-OH is 1. The number of rotatable bonds is 0. The predicted molar refractivity (Wildman–Crippen MR) is 92.4 cm³/mol. The van der Waals surface area contributed by atoms with Crippen LogP contribution in [-0.2, 0) is 9.47 Å². The molecule has 0 amide bonds. The predicted octanol–water partition coefficient (Wildman–Crippen LogP) is 4.13. The quantitative estimate of drug-likeness (QED) is 0.724. The first-order valence-electron chi connectivity index (χ1n) is 10.4. The van der Waals surface area contributed by atoms with E-state index in [1.54, 1.807) is 0 Å². The standard InChI is InChI=1S/C21H34O3/c1-19-9-10-21(23-11-12-24-21)13-14(19)3-4-15-16-5-6-18(22)20(16,2)8-7-17(15)19/h14-18,22H,3-13H2,1-2H3. The van der Waals surface area contributed by atoms with Crippen LogP contribution in [0.25, 0.3) is 0 Å². The molecule has 0 aromatic heterocycles. The van der Waals surface area contributed by atoms with Crippen molar-refractivity contribution >= 4 is 0 Å². The summed E-state index contributed by atoms with van der Waals surface area (Å²) in [5, 5.41) is 10.6. The van der Waals surface area contributed by atoms with Gasteiger partial charge in [-0.1, -0.05) is 13.8 Å². The van der Waals surface area contributed by atoms with Gasteiger partial charge in [0.05, 0.1) is 19.3 Å². The molecule has 1 aliphatic heterocycles. The lowest BCUT2D eigenvalue weighted by Crippen LogP contribution is -2.56. The molecule has 7 atom stereocenters. The fraction of sp³-hybridized carbons (Fsp3) is 1.00. The van der Waals surface area contributed by atoms with Gasteiger partial charge in [-0.3, -0.25) is 0 Å². The molecule has 4 saturated carbocycles. The van der Waals surface area contributed by atoms with Gasteiger partial charge in [-0.15, -0.1) is 0 Å². The second kappa shape index (κ2) is 5.20. The van der Waals surface area contributed by atoms with Crippen molar-refractivity contribution in [1.29, 1.82) is 0 Å². The number of fused-ring (bicyclic) bond motifs is 5. The van der Waals surface area contributed by atoms with Gasteiger partial charge in [-0.2, -0.15) is 0 Å². The van der Waals surface area contributed by atoms with Crippen molar-refractivity contribution < 1.29 is 14.6 Å². The Hall–Kier alpha value is -0.120. The molecule has 0 aromatic rings. The van der Waals surface area contributed by atoms with E-state index in [9.17, 15) is 5.11 Å². The van der Waals surface area contributed by atoms with Gasteiger partial charge in [0.2, 0.25) is 0 Å². The summed E-state index contributed by atoms with van der Waals surface area (Å²) in [6, 6.07) is 0. The molecule has 5 fully saturated rings. The summed E-state index contributed by atoms with van der Waals surface area (Å²) in [7, 11) is 0. The SMILES string of the molecule is CC12CCC3C(CCC4CC5(CCC43C)OCCO5)C1CCC2O. The van der Waals surface area contributed by atoms with Gasteiger partial charge in [0.15, 0.2) is 5.79 Å². The normalized spacial score (nSPS) is 55.9.